The zero-order chi connectivity index (χ0) is 19.4. The summed E-state index contributed by atoms with van der Waals surface area (Å²) in [5, 5.41) is 0. The minimum absolute atomic E-state index is 0.306. The summed E-state index contributed by atoms with van der Waals surface area (Å²) in [5.74, 6) is 0.782. The lowest BCUT2D eigenvalue weighted by Crippen LogP contribution is -2.17. The average molecular weight is 382 g/mol. The van der Waals surface area contributed by atoms with Gasteiger partial charge in [-0.1, -0.05) is 30.3 Å². The van der Waals surface area contributed by atoms with Gasteiger partial charge in [0.25, 0.3) is 5.91 Å². The Hall–Kier alpha value is -2.86. The van der Waals surface area contributed by atoms with Gasteiger partial charge in [0.2, 0.25) is 0 Å². The molecule has 6 heteroatoms. The van der Waals surface area contributed by atoms with Crippen LogP contribution in [0.25, 0.3) is 11.3 Å². The van der Waals surface area contributed by atoms with Crippen LogP contribution in [0.3, 0.4) is 0 Å². The van der Waals surface area contributed by atoms with Crippen LogP contribution in [0.5, 0.6) is 11.5 Å². The molecular formula is C21H22N2O3S. The Morgan fingerprint density at radius 2 is 1.78 bits per heavy atom. The molecule has 0 aliphatic heterocycles. The highest BCUT2D eigenvalue weighted by Gasteiger charge is 2.14. The lowest BCUT2D eigenvalue weighted by Gasteiger charge is -2.08. The van der Waals surface area contributed by atoms with Crippen molar-refractivity contribution in [3.05, 3.63) is 63.8 Å². The van der Waals surface area contributed by atoms with Gasteiger partial charge in [-0.25, -0.2) is 0 Å². The van der Waals surface area contributed by atoms with E-state index in [4.69, 9.17) is 9.47 Å². The smallest absolute Gasteiger partial charge is 0.279 e. The van der Waals surface area contributed by atoms with Gasteiger partial charge in [-0.15, -0.1) is 11.3 Å². The first-order valence-electron chi connectivity index (χ1n) is 8.65. The standard InChI is InChI=1S/C21H22N2O3S/c1-5-23-19(15-9-7-6-8-10-15)14(2)27-21(23)22-20(24)16-11-12-17(25-3)18(13-16)26-4/h6-13H,5H2,1-4H3. The summed E-state index contributed by atoms with van der Waals surface area (Å²) >= 11 is 1.52. The molecule has 3 aromatic rings. The Balaban J connectivity index is 2.06. The molecule has 0 aliphatic rings. The summed E-state index contributed by atoms with van der Waals surface area (Å²) in [7, 11) is 3.11. The number of benzene rings is 2. The predicted octanol–water partition coefficient (Wildman–Crippen LogP) is 4.30. The average Bonchev–Trinajstić information content (AvgIpc) is 3.02. The molecule has 1 amide bonds. The first-order chi connectivity index (χ1) is 13.1. The Labute approximate surface area is 162 Å². The second kappa shape index (κ2) is 8.22. The SMILES string of the molecule is CCn1c(-c2ccccc2)c(C)sc1=NC(=O)c1ccc(OC)c(OC)c1. The fourth-order valence-corrected chi connectivity index (χ4v) is 4.04. The highest BCUT2D eigenvalue weighted by atomic mass is 32.1. The summed E-state index contributed by atoms with van der Waals surface area (Å²) in [6.45, 7) is 4.84. The highest BCUT2D eigenvalue weighted by molar-refractivity contribution is 7.09. The number of methoxy groups -OCH3 is 2. The number of aryl methyl sites for hydroxylation is 1. The van der Waals surface area contributed by atoms with E-state index in [0.29, 0.717) is 21.9 Å². The van der Waals surface area contributed by atoms with Crippen LogP contribution in [0.2, 0.25) is 0 Å². The summed E-state index contributed by atoms with van der Waals surface area (Å²) in [4.78, 5) is 18.9. The third kappa shape index (κ3) is 3.80. The minimum atomic E-state index is -0.306. The molecule has 3 rings (SSSR count). The fourth-order valence-electron chi connectivity index (χ4n) is 2.98. The predicted molar refractivity (Wildman–Crippen MR) is 108 cm³/mol. The van der Waals surface area contributed by atoms with Crippen LogP contribution < -0.4 is 14.3 Å². The number of amides is 1. The Morgan fingerprint density at radius 1 is 1.07 bits per heavy atom. The second-order valence-corrected chi connectivity index (χ2v) is 7.07. The van der Waals surface area contributed by atoms with E-state index < -0.39 is 0 Å². The Kier molecular flexibility index (Phi) is 5.76. The quantitative estimate of drug-likeness (QED) is 0.661. The van der Waals surface area contributed by atoms with Gasteiger partial charge < -0.3 is 14.0 Å². The van der Waals surface area contributed by atoms with Gasteiger partial charge in [-0.05, 0) is 37.6 Å². The molecule has 0 spiro atoms. The van der Waals surface area contributed by atoms with Crippen molar-refractivity contribution in [1.82, 2.24) is 4.57 Å². The summed E-state index contributed by atoms with van der Waals surface area (Å²) in [6, 6.07) is 15.2. The molecule has 0 bridgehead atoms. The maximum Gasteiger partial charge on any atom is 0.279 e. The van der Waals surface area contributed by atoms with E-state index in [1.54, 1.807) is 32.4 Å². The second-order valence-electron chi connectivity index (χ2n) is 5.89. The molecule has 0 aliphatic carbocycles. The molecule has 5 nitrogen and oxygen atoms in total. The normalized spacial score (nSPS) is 11.5. The number of hydrogen-bond donors (Lipinski definition) is 0. The van der Waals surface area contributed by atoms with Crippen molar-refractivity contribution in [2.75, 3.05) is 14.2 Å². The third-order valence-electron chi connectivity index (χ3n) is 4.27. The van der Waals surface area contributed by atoms with Crippen LogP contribution in [0.4, 0.5) is 0 Å². The topological polar surface area (TPSA) is 52.8 Å². The zero-order valence-electron chi connectivity index (χ0n) is 15.9. The first-order valence-corrected chi connectivity index (χ1v) is 9.47. The summed E-state index contributed by atoms with van der Waals surface area (Å²) in [5.41, 5.74) is 2.68. The van der Waals surface area contributed by atoms with Gasteiger partial charge in [0.05, 0.1) is 19.9 Å². The fraction of sp³-hybridized carbons (Fsp3) is 0.238. The molecule has 0 fully saturated rings. The van der Waals surface area contributed by atoms with Gasteiger partial charge in [0, 0.05) is 17.0 Å². The van der Waals surface area contributed by atoms with E-state index in [-0.39, 0.29) is 5.91 Å². The molecule has 1 aromatic heterocycles. The molecule has 0 unspecified atom stereocenters. The van der Waals surface area contributed by atoms with Gasteiger partial charge in [-0.2, -0.15) is 4.99 Å². The van der Waals surface area contributed by atoms with E-state index in [2.05, 4.69) is 35.5 Å². The van der Waals surface area contributed by atoms with E-state index in [0.717, 1.165) is 22.7 Å². The van der Waals surface area contributed by atoms with Crippen molar-refractivity contribution in [3.63, 3.8) is 0 Å². The number of carbonyl (C=O) groups is 1. The lowest BCUT2D eigenvalue weighted by molar-refractivity contribution is 0.0997. The van der Waals surface area contributed by atoms with Crippen molar-refractivity contribution < 1.29 is 14.3 Å². The van der Waals surface area contributed by atoms with Gasteiger partial charge in [0.1, 0.15) is 0 Å². The van der Waals surface area contributed by atoms with Crippen LogP contribution in [0, 0.1) is 6.92 Å². The number of nitrogens with zero attached hydrogens (tertiary/aromatic N) is 2. The summed E-state index contributed by atoms with van der Waals surface area (Å²) < 4.78 is 12.6. The molecule has 0 N–H and O–H groups in total. The van der Waals surface area contributed by atoms with Crippen molar-refractivity contribution >= 4 is 17.2 Å². The van der Waals surface area contributed by atoms with Gasteiger partial charge >= 0.3 is 0 Å². The number of rotatable bonds is 5. The number of hydrogen-bond acceptors (Lipinski definition) is 4. The third-order valence-corrected chi connectivity index (χ3v) is 5.26. The Morgan fingerprint density at radius 3 is 2.41 bits per heavy atom. The molecule has 27 heavy (non-hydrogen) atoms. The lowest BCUT2D eigenvalue weighted by atomic mass is 10.1. The van der Waals surface area contributed by atoms with Crippen molar-refractivity contribution in [2.24, 2.45) is 4.99 Å². The summed E-state index contributed by atoms with van der Waals surface area (Å²) in [6.07, 6.45) is 0. The molecule has 0 radical (unpaired) electrons. The molecular weight excluding hydrogens is 360 g/mol. The monoisotopic (exact) mass is 382 g/mol. The van der Waals surface area contributed by atoms with Crippen LogP contribution in [-0.4, -0.2) is 24.7 Å². The van der Waals surface area contributed by atoms with Gasteiger partial charge in [-0.3, -0.25) is 4.79 Å². The molecule has 1 heterocycles. The molecule has 0 saturated heterocycles. The molecule has 0 atom stereocenters. The minimum Gasteiger partial charge on any atom is -0.493 e. The first kappa shape index (κ1) is 18.9. The largest absolute Gasteiger partial charge is 0.493 e. The van der Waals surface area contributed by atoms with Crippen molar-refractivity contribution in [2.45, 2.75) is 20.4 Å². The van der Waals surface area contributed by atoms with Crippen LogP contribution in [0.15, 0.2) is 53.5 Å². The van der Waals surface area contributed by atoms with E-state index in [1.807, 2.05) is 18.2 Å². The number of aromatic nitrogens is 1. The number of thiazole rings is 1. The van der Waals surface area contributed by atoms with Crippen molar-refractivity contribution in [1.29, 1.82) is 0 Å². The van der Waals surface area contributed by atoms with Crippen LogP contribution in [-0.2, 0) is 6.54 Å². The van der Waals surface area contributed by atoms with E-state index in [1.165, 1.54) is 11.3 Å². The van der Waals surface area contributed by atoms with E-state index >= 15 is 0 Å². The number of ether oxygens (including phenoxy) is 2. The van der Waals surface area contributed by atoms with Crippen molar-refractivity contribution in [3.8, 4) is 22.8 Å². The zero-order valence-corrected chi connectivity index (χ0v) is 16.7. The van der Waals surface area contributed by atoms with Crippen LogP contribution >= 0.6 is 11.3 Å². The van der Waals surface area contributed by atoms with E-state index in [9.17, 15) is 4.79 Å². The molecule has 0 saturated carbocycles. The Bertz CT molecular complexity index is 1020. The maximum atomic E-state index is 12.7. The van der Waals surface area contributed by atoms with Gasteiger partial charge in [0.15, 0.2) is 16.3 Å². The maximum absolute atomic E-state index is 12.7. The van der Waals surface area contributed by atoms with Crippen LogP contribution in [0.1, 0.15) is 22.2 Å². The number of carbonyl (C=O) groups excluding carboxylic acids is 1. The molecule has 2 aromatic carbocycles. The highest BCUT2D eigenvalue weighted by Crippen LogP contribution is 2.28. The molecule has 140 valence electrons.